The van der Waals surface area contributed by atoms with Crippen LogP contribution in [-0.2, 0) is 10.2 Å². The van der Waals surface area contributed by atoms with Crippen LogP contribution in [0.4, 0.5) is 17.6 Å². The zero-order valence-corrected chi connectivity index (χ0v) is 20.6. The highest BCUT2D eigenvalue weighted by atomic mass is 35.5. The molecule has 1 saturated heterocycles. The smallest absolute Gasteiger partial charge is 0.293 e. The van der Waals surface area contributed by atoms with E-state index in [-0.39, 0.29) is 37.0 Å². The van der Waals surface area contributed by atoms with Gasteiger partial charge in [0.1, 0.15) is 5.82 Å². The van der Waals surface area contributed by atoms with Gasteiger partial charge in [-0.15, -0.1) is 0 Å². The second kappa shape index (κ2) is 9.66. The summed E-state index contributed by atoms with van der Waals surface area (Å²) >= 11 is 6.63. The first kappa shape index (κ1) is 25.8. The van der Waals surface area contributed by atoms with Gasteiger partial charge >= 0.3 is 6.18 Å². The summed E-state index contributed by atoms with van der Waals surface area (Å²) in [7, 11) is -0.959. The highest BCUT2D eigenvalue weighted by Gasteiger charge is 2.38. The quantitative estimate of drug-likeness (QED) is 0.445. The van der Waals surface area contributed by atoms with Crippen molar-refractivity contribution < 1.29 is 26.0 Å². The van der Waals surface area contributed by atoms with Crippen LogP contribution in [0.2, 0.25) is 5.02 Å². The molecule has 1 aliphatic rings. The highest BCUT2D eigenvalue weighted by molar-refractivity contribution is 7.86. The molecule has 0 spiro atoms. The molecule has 3 aromatic rings. The van der Waals surface area contributed by atoms with Crippen molar-refractivity contribution in [2.24, 2.45) is 0 Å². The van der Waals surface area contributed by atoms with Crippen LogP contribution >= 0.6 is 11.6 Å². The Morgan fingerprint density at radius 1 is 1.14 bits per heavy atom. The van der Waals surface area contributed by atoms with E-state index in [0.717, 1.165) is 4.31 Å². The van der Waals surface area contributed by atoms with Gasteiger partial charge in [0.2, 0.25) is 0 Å². The third-order valence-corrected chi connectivity index (χ3v) is 8.28. The van der Waals surface area contributed by atoms with Gasteiger partial charge in [-0.25, -0.2) is 9.07 Å². The van der Waals surface area contributed by atoms with E-state index in [4.69, 9.17) is 11.6 Å². The van der Waals surface area contributed by atoms with Crippen molar-refractivity contribution in [1.82, 2.24) is 23.3 Å². The molecule has 2 aromatic carbocycles. The molecule has 1 fully saturated rings. The fourth-order valence-electron chi connectivity index (χ4n) is 4.18. The van der Waals surface area contributed by atoms with Crippen molar-refractivity contribution >= 4 is 32.7 Å². The number of fused-ring (bicyclic) bond motifs is 1. The molecule has 7 nitrogen and oxygen atoms in total. The molecular weight excluding hydrogens is 510 g/mol. The normalized spacial score (nSPS) is 18.6. The van der Waals surface area contributed by atoms with Gasteiger partial charge in [-0.3, -0.25) is 4.90 Å². The van der Waals surface area contributed by atoms with E-state index in [9.17, 15) is 26.0 Å². The van der Waals surface area contributed by atoms with Gasteiger partial charge in [0.25, 0.3) is 10.2 Å². The summed E-state index contributed by atoms with van der Waals surface area (Å²) in [6, 6.07) is 8.41. The summed E-state index contributed by atoms with van der Waals surface area (Å²) in [4.78, 5) is 1.62. The maximum absolute atomic E-state index is 13.3. The Balaban J connectivity index is 1.73. The number of alkyl halides is 3. The van der Waals surface area contributed by atoms with Crippen molar-refractivity contribution in [3.05, 3.63) is 59.0 Å². The van der Waals surface area contributed by atoms with Crippen molar-refractivity contribution in [2.75, 3.05) is 40.3 Å². The van der Waals surface area contributed by atoms with Gasteiger partial charge in [-0.05, 0) is 42.0 Å². The first-order valence-electron chi connectivity index (χ1n) is 10.8. The minimum atomic E-state index is -4.35. The van der Waals surface area contributed by atoms with Crippen molar-refractivity contribution in [3.8, 4) is 5.69 Å². The standard InChI is InChI=1S/C22H24ClF4N5O2S/c1-29(2)35(33,34)31-10-9-30(8-7-22(25,26)27)21(14-31)18-11-15-13-28-32(20(15)12-19(18)23)17-5-3-16(24)4-6-17/h3-6,11-13,21H,7-10,14H2,1-2H3. The van der Waals surface area contributed by atoms with Gasteiger partial charge in [-0.2, -0.15) is 35.3 Å². The lowest BCUT2D eigenvalue weighted by atomic mass is 10.0. The maximum atomic E-state index is 13.3. The molecule has 13 heteroatoms. The predicted molar refractivity (Wildman–Crippen MR) is 125 cm³/mol. The Morgan fingerprint density at radius 3 is 2.46 bits per heavy atom. The summed E-state index contributed by atoms with van der Waals surface area (Å²) in [5, 5.41) is 5.28. The number of piperazine rings is 1. The van der Waals surface area contributed by atoms with E-state index in [0.29, 0.717) is 22.2 Å². The Bertz CT molecular complexity index is 1310. The van der Waals surface area contributed by atoms with Gasteiger partial charge in [-0.1, -0.05) is 11.6 Å². The molecule has 1 unspecified atom stereocenters. The number of benzene rings is 2. The third kappa shape index (κ3) is 5.46. The summed E-state index contributed by atoms with van der Waals surface area (Å²) in [6.07, 6.45) is -3.79. The molecular formula is C22H24ClF4N5O2S. The average Bonchev–Trinajstić information content (AvgIpc) is 3.19. The highest BCUT2D eigenvalue weighted by Crippen LogP contribution is 2.36. The van der Waals surface area contributed by atoms with Crippen molar-refractivity contribution in [3.63, 3.8) is 0 Å². The number of aromatic nitrogens is 2. The molecule has 0 aliphatic carbocycles. The summed E-state index contributed by atoms with van der Waals surface area (Å²) in [6.45, 7) is -0.142. The molecule has 4 rings (SSSR count). The van der Waals surface area contributed by atoms with E-state index >= 15 is 0 Å². The molecule has 0 amide bonds. The molecule has 0 N–H and O–H groups in total. The number of hydrogen-bond donors (Lipinski definition) is 0. The largest absolute Gasteiger partial charge is 0.390 e. The molecule has 2 heterocycles. The minimum Gasteiger partial charge on any atom is -0.293 e. The van der Waals surface area contributed by atoms with E-state index in [1.807, 2.05) is 0 Å². The number of halogens is 5. The Morgan fingerprint density at radius 2 is 1.83 bits per heavy atom. The Kier molecular flexibility index (Phi) is 7.13. The van der Waals surface area contributed by atoms with Gasteiger partial charge in [0, 0.05) is 50.7 Å². The van der Waals surface area contributed by atoms with E-state index in [1.165, 1.54) is 30.5 Å². The summed E-state index contributed by atoms with van der Waals surface area (Å²) < 4.78 is 81.7. The molecule has 0 radical (unpaired) electrons. The first-order valence-corrected chi connectivity index (χ1v) is 12.6. The lowest BCUT2D eigenvalue weighted by molar-refractivity contribution is -0.140. The zero-order valence-electron chi connectivity index (χ0n) is 19.0. The SMILES string of the molecule is CN(C)S(=O)(=O)N1CCN(CCC(F)(F)F)C(c2cc3cnn(-c4ccc(F)cc4)c3cc2Cl)C1. The van der Waals surface area contributed by atoms with Crippen LogP contribution in [-0.4, -0.2) is 78.2 Å². The Hall–Kier alpha value is -2.25. The molecule has 1 aromatic heterocycles. The molecule has 1 atom stereocenters. The molecule has 1 aliphatic heterocycles. The lowest BCUT2D eigenvalue weighted by Crippen LogP contribution is -2.53. The fraction of sp³-hybridized carbons (Fsp3) is 0.409. The first-order chi connectivity index (χ1) is 16.4. The second-order valence-corrected chi connectivity index (χ2v) is 11.1. The van der Waals surface area contributed by atoms with Crippen LogP contribution in [0.15, 0.2) is 42.6 Å². The van der Waals surface area contributed by atoms with Crippen LogP contribution in [0, 0.1) is 5.82 Å². The van der Waals surface area contributed by atoms with Crippen LogP contribution in [0.3, 0.4) is 0 Å². The maximum Gasteiger partial charge on any atom is 0.390 e. The minimum absolute atomic E-state index is 0.0459. The average molecular weight is 534 g/mol. The van der Waals surface area contributed by atoms with Crippen LogP contribution in [0.5, 0.6) is 0 Å². The molecule has 0 saturated carbocycles. The third-order valence-electron chi connectivity index (χ3n) is 6.04. The molecule has 0 bridgehead atoms. The van der Waals surface area contributed by atoms with Crippen molar-refractivity contribution in [2.45, 2.75) is 18.6 Å². The fourth-order valence-corrected chi connectivity index (χ4v) is 5.57. The van der Waals surface area contributed by atoms with Crippen LogP contribution in [0.1, 0.15) is 18.0 Å². The monoisotopic (exact) mass is 533 g/mol. The van der Waals surface area contributed by atoms with Gasteiger partial charge in [0.05, 0.1) is 29.9 Å². The van der Waals surface area contributed by atoms with Crippen molar-refractivity contribution in [1.29, 1.82) is 0 Å². The number of rotatable bonds is 6. The van der Waals surface area contributed by atoms with E-state index in [1.54, 1.807) is 40.0 Å². The number of nitrogens with zero attached hydrogens (tertiary/aromatic N) is 5. The molecule has 190 valence electrons. The van der Waals surface area contributed by atoms with Crippen LogP contribution in [0.25, 0.3) is 16.6 Å². The zero-order chi connectivity index (χ0) is 25.5. The number of hydrogen-bond acceptors (Lipinski definition) is 4. The van der Waals surface area contributed by atoms with E-state index in [2.05, 4.69) is 5.10 Å². The van der Waals surface area contributed by atoms with Gasteiger partial charge in [0.15, 0.2) is 0 Å². The second-order valence-electron chi connectivity index (χ2n) is 8.53. The van der Waals surface area contributed by atoms with E-state index < -0.39 is 28.8 Å². The summed E-state index contributed by atoms with van der Waals surface area (Å²) in [5.41, 5.74) is 1.75. The Labute approximate surface area is 205 Å². The summed E-state index contributed by atoms with van der Waals surface area (Å²) in [5.74, 6) is -0.390. The topological polar surface area (TPSA) is 61.7 Å². The van der Waals surface area contributed by atoms with Gasteiger partial charge < -0.3 is 0 Å². The molecule has 35 heavy (non-hydrogen) atoms. The lowest BCUT2D eigenvalue weighted by Gasteiger charge is -2.42. The predicted octanol–water partition coefficient (Wildman–Crippen LogP) is 4.24. The van der Waals surface area contributed by atoms with Crippen LogP contribution < -0.4 is 0 Å².